The van der Waals surface area contributed by atoms with Gasteiger partial charge in [0.05, 0.1) is 11.7 Å². The number of benzene rings is 2. The van der Waals surface area contributed by atoms with Crippen molar-refractivity contribution in [3.05, 3.63) is 59.7 Å². The molecule has 4 bridgehead atoms. The fraction of sp³-hybridized carbons (Fsp3) is 0.600. The molecule has 2 aromatic rings. The van der Waals surface area contributed by atoms with E-state index in [1.807, 2.05) is 18.2 Å². The van der Waals surface area contributed by atoms with Gasteiger partial charge in [-0.2, -0.15) is 0 Å². The average Bonchev–Trinajstić information content (AvgIpc) is 3.50. The van der Waals surface area contributed by atoms with Gasteiger partial charge in [-0.3, -0.25) is 4.79 Å². The Labute approximate surface area is 250 Å². The molecule has 3 N–H and O–H groups in total. The molecule has 4 aliphatic carbocycles. The number of amides is 3. The predicted octanol–water partition coefficient (Wildman–Crippen LogP) is 6.14. The van der Waals surface area contributed by atoms with Crippen LogP contribution in [0.3, 0.4) is 0 Å². The minimum atomic E-state index is -0.142. The van der Waals surface area contributed by atoms with Gasteiger partial charge in [-0.1, -0.05) is 30.3 Å². The minimum absolute atomic E-state index is 0.0512. The molecule has 4 saturated carbocycles. The maximum atomic E-state index is 13.6. The standard InChI is InChI=1S/C35H46N4O3/c40-33(36-23-30-7-4-14-42-30)31-19-29(37-34(41)38-35-20-26-16-27(21-35)18-28(17-26)22-35)8-9-32(31)39-12-10-25(11-13-39)15-24-5-2-1-3-6-24/h1-3,5-6,8-9,19,25-28,30H,4,7,10-18,20-23H2,(H,36,40)(H2,37,38,41). The predicted molar refractivity (Wildman–Crippen MR) is 166 cm³/mol. The summed E-state index contributed by atoms with van der Waals surface area (Å²) in [5.74, 6) is 2.86. The second-order valence-corrected chi connectivity index (χ2v) is 14.0. The normalized spacial score (nSPS) is 30.3. The zero-order chi connectivity index (χ0) is 28.5. The zero-order valence-electron chi connectivity index (χ0n) is 24.8. The molecule has 8 rings (SSSR count). The smallest absolute Gasteiger partial charge is 0.319 e. The summed E-state index contributed by atoms with van der Waals surface area (Å²) in [5, 5.41) is 9.64. The first-order chi connectivity index (χ1) is 20.5. The summed E-state index contributed by atoms with van der Waals surface area (Å²) >= 11 is 0. The average molecular weight is 571 g/mol. The third-order valence-corrected chi connectivity index (χ3v) is 10.8. The molecule has 7 nitrogen and oxygen atoms in total. The van der Waals surface area contributed by atoms with Crippen LogP contribution < -0.4 is 20.9 Å². The fourth-order valence-corrected chi connectivity index (χ4v) is 9.17. The number of rotatable bonds is 8. The number of anilines is 2. The summed E-state index contributed by atoms with van der Waals surface area (Å²) in [6, 6.07) is 16.5. The van der Waals surface area contributed by atoms with Gasteiger partial charge in [0.25, 0.3) is 5.91 Å². The van der Waals surface area contributed by atoms with Crippen molar-refractivity contribution in [2.45, 2.75) is 82.3 Å². The highest BCUT2D eigenvalue weighted by molar-refractivity contribution is 6.02. The summed E-state index contributed by atoms with van der Waals surface area (Å²) in [6.45, 7) is 3.12. The van der Waals surface area contributed by atoms with Crippen molar-refractivity contribution in [1.29, 1.82) is 0 Å². The molecule has 6 fully saturated rings. The Bertz CT molecular complexity index is 1230. The van der Waals surface area contributed by atoms with E-state index in [0.717, 1.165) is 94.5 Å². The number of carbonyl (C=O) groups is 2. The topological polar surface area (TPSA) is 82.7 Å². The van der Waals surface area contributed by atoms with Crippen LogP contribution >= 0.6 is 0 Å². The Morgan fingerprint density at radius 1 is 0.905 bits per heavy atom. The van der Waals surface area contributed by atoms with Crippen LogP contribution in [0.1, 0.15) is 80.1 Å². The Kier molecular flexibility index (Phi) is 7.87. The zero-order valence-corrected chi connectivity index (χ0v) is 24.8. The molecule has 0 aromatic heterocycles. The van der Waals surface area contributed by atoms with E-state index in [1.54, 1.807) is 0 Å². The molecule has 0 spiro atoms. The van der Waals surface area contributed by atoms with E-state index in [0.29, 0.717) is 23.7 Å². The molecule has 1 unspecified atom stereocenters. The van der Waals surface area contributed by atoms with E-state index >= 15 is 0 Å². The second-order valence-electron chi connectivity index (χ2n) is 14.0. The van der Waals surface area contributed by atoms with Crippen LogP contribution in [-0.2, 0) is 11.2 Å². The SMILES string of the molecule is O=C(Nc1ccc(N2CCC(Cc3ccccc3)CC2)c(C(=O)NCC2CCCO2)c1)NC12CC3CC(CC(C3)C1)C2. The molecule has 42 heavy (non-hydrogen) atoms. The van der Waals surface area contributed by atoms with E-state index in [-0.39, 0.29) is 23.6 Å². The number of urea groups is 1. The molecule has 2 saturated heterocycles. The van der Waals surface area contributed by atoms with E-state index in [4.69, 9.17) is 4.74 Å². The van der Waals surface area contributed by atoms with Crippen molar-refractivity contribution in [1.82, 2.24) is 10.6 Å². The van der Waals surface area contributed by atoms with E-state index in [2.05, 4.69) is 51.2 Å². The van der Waals surface area contributed by atoms with Gasteiger partial charge < -0.3 is 25.6 Å². The lowest BCUT2D eigenvalue weighted by molar-refractivity contribution is -0.0127. The van der Waals surface area contributed by atoms with Crippen molar-refractivity contribution in [2.75, 3.05) is 36.5 Å². The molecular weight excluding hydrogens is 524 g/mol. The Morgan fingerprint density at radius 2 is 1.62 bits per heavy atom. The molecular formula is C35H46N4O3. The second kappa shape index (κ2) is 11.9. The van der Waals surface area contributed by atoms with Crippen LogP contribution in [0.15, 0.2) is 48.5 Å². The summed E-state index contributed by atoms with van der Waals surface area (Å²) in [6.07, 6.45) is 12.8. The minimum Gasteiger partial charge on any atom is -0.376 e. The molecule has 224 valence electrons. The maximum Gasteiger partial charge on any atom is 0.319 e. The number of hydrogen-bond donors (Lipinski definition) is 3. The van der Waals surface area contributed by atoms with Gasteiger partial charge >= 0.3 is 6.03 Å². The Balaban J connectivity index is 1.04. The summed E-state index contributed by atoms with van der Waals surface area (Å²) < 4.78 is 5.75. The lowest BCUT2D eigenvalue weighted by Crippen LogP contribution is -2.60. The molecule has 2 heterocycles. The third kappa shape index (κ3) is 6.17. The lowest BCUT2D eigenvalue weighted by Gasteiger charge is -2.56. The molecule has 7 heteroatoms. The highest BCUT2D eigenvalue weighted by Gasteiger charge is 2.51. The Hall–Kier alpha value is -3.06. The number of nitrogens with zero attached hydrogens (tertiary/aromatic N) is 1. The van der Waals surface area contributed by atoms with Crippen LogP contribution in [0, 0.1) is 23.7 Å². The first-order valence-electron chi connectivity index (χ1n) is 16.4. The van der Waals surface area contributed by atoms with Crippen molar-refractivity contribution in [3.8, 4) is 0 Å². The van der Waals surface area contributed by atoms with E-state index in [9.17, 15) is 9.59 Å². The van der Waals surface area contributed by atoms with Crippen LogP contribution in [0.4, 0.5) is 16.2 Å². The van der Waals surface area contributed by atoms with Gasteiger partial charge in [0.15, 0.2) is 0 Å². The molecule has 6 aliphatic rings. The number of piperidine rings is 1. The van der Waals surface area contributed by atoms with Crippen molar-refractivity contribution in [2.24, 2.45) is 23.7 Å². The molecule has 0 radical (unpaired) electrons. The molecule has 2 aromatic carbocycles. The van der Waals surface area contributed by atoms with Crippen LogP contribution in [0.5, 0.6) is 0 Å². The van der Waals surface area contributed by atoms with Crippen molar-refractivity contribution < 1.29 is 14.3 Å². The van der Waals surface area contributed by atoms with E-state index < -0.39 is 0 Å². The summed E-state index contributed by atoms with van der Waals surface area (Å²) in [4.78, 5) is 29.2. The number of ether oxygens (including phenoxy) is 1. The molecule has 1 atom stereocenters. The van der Waals surface area contributed by atoms with Crippen LogP contribution in [0.25, 0.3) is 0 Å². The Morgan fingerprint density at radius 3 is 2.29 bits per heavy atom. The maximum absolute atomic E-state index is 13.6. The first kappa shape index (κ1) is 27.8. The van der Waals surface area contributed by atoms with Crippen molar-refractivity contribution >= 4 is 23.3 Å². The van der Waals surface area contributed by atoms with E-state index in [1.165, 1.54) is 24.8 Å². The van der Waals surface area contributed by atoms with Crippen LogP contribution in [0.2, 0.25) is 0 Å². The van der Waals surface area contributed by atoms with Crippen LogP contribution in [-0.4, -0.2) is 49.8 Å². The van der Waals surface area contributed by atoms with Gasteiger partial charge in [-0.15, -0.1) is 0 Å². The number of carbonyl (C=O) groups excluding carboxylic acids is 2. The molecule has 3 amide bonds. The first-order valence-corrected chi connectivity index (χ1v) is 16.4. The van der Waals surface area contributed by atoms with Gasteiger partial charge in [-0.25, -0.2) is 4.79 Å². The third-order valence-electron chi connectivity index (χ3n) is 10.8. The highest BCUT2D eigenvalue weighted by atomic mass is 16.5. The molecule has 2 aliphatic heterocycles. The van der Waals surface area contributed by atoms with Gasteiger partial charge in [0.2, 0.25) is 0 Å². The quantitative estimate of drug-likeness (QED) is 0.356. The summed E-state index contributed by atoms with van der Waals surface area (Å²) in [7, 11) is 0. The fourth-order valence-electron chi connectivity index (χ4n) is 9.17. The highest BCUT2D eigenvalue weighted by Crippen LogP contribution is 2.55. The largest absolute Gasteiger partial charge is 0.376 e. The monoisotopic (exact) mass is 570 g/mol. The van der Waals surface area contributed by atoms with Gasteiger partial charge in [-0.05, 0) is 118 Å². The van der Waals surface area contributed by atoms with Gasteiger partial charge in [0, 0.05) is 43.2 Å². The number of nitrogens with one attached hydrogen (secondary N) is 3. The lowest BCUT2D eigenvalue weighted by atomic mass is 9.53. The van der Waals surface area contributed by atoms with Gasteiger partial charge in [0.1, 0.15) is 0 Å². The number of hydrogen-bond acceptors (Lipinski definition) is 4. The summed E-state index contributed by atoms with van der Waals surface area (Å²) in [5.41, 5.74) is 3.59. The van der Waals surface area contributed by atoms with Crippen molar-refractivity contribution in [3.63, 3.8) is 0 Å².